The second-order valence-corrected chi connectivity index (χ2v) is 6.45. The summed E-state index contributed by atoms with van der Waals surface area (Å²) in [5.74, 6) is 6.51. The van der Waals surface area contributed by atoms with Gasteiger partial charge in [-0.15, -0.1) is 5.92 Å². The van der Waals surface area contributed by atoms with Crippen molar-refractivity contribution in [3.05, 3.63) is 35.6 Å². The molecule has 0 saturated carbocycles. The third-order valence-electron chi connectivity index (χ3n) is 5.07. The van der Waals surface area contributed by atoms with Crippen LogP contribution in [0.4, 0.5) is 0 Å². The second kappa shape index (κ2) is 5.75. The molecule has 1 aromatic carbocycles. The molecule has 4 heterocycles. The van der Waals surface area contributed by atoms with Crippen molar-refractivity contribution in [3.63, 3.8) is 0 Å². The number of amides is 1. The number of benzene rings is 1. The molecule has 23 heavy (non-hydrogen) atoms. The molecule has 4 nitrogen and oxygen atoms in total. The van der Waals surface area contributed by atoms with Crippen molar-refractivity contribution in [1.82, 2.24) is 10.2 Å². The van der Waals surface area contributed by atoms with E-state index in [0.717, 1.165) is 17.5 Å². The zero-order valence-corrected chi connectivity index (χ0v) is 13.3. The van der Waals surface area contributed by atoms with Gasteiger partial charge in [-0.1, -0.05) is 5.92 Å². The Bertz CT molecular complexity index is 804. The maximum Gasteiger partial charge on any atom is 0.251 e. The van der Waals surface area contributed by atoms with E-state index in [-0.39, 0.29) is 11.9 Å². The van der Waals surface area contributed by atoms with Crippen molar-refractivity contribution in [3.8, 4) is 11.8 Å². The van der Waals surface area contributed by atoms with Gasteiger partial charge >= 0.3 is 0 Å². The van der Waals surface area contributed by atoms with Crippen LogP contribution in [-0.4, -0.2) is 36.5 Å². The van der Waals surface area contributed by atoms with E-state index in [9.17, 15) is 4.79 Å². The molecular weight excluding hydrogens is 288 g/mol. The Kier molecular flexibility index (Phi) is 3.59. The summed E-state index contributed by atoms with van der Waals surface area (Å²) in [4.78, 5) is 15.0. The lowest BCUT2D eigenvalue weighted by Gasteiger charge is -2.44. The molecular formula is C19H20N2O2. The van der Waals surface area contributed by atoms with E-state index in [2.05, 4.69) is 22.1 Å². The van der Waals surface area contributed by atoms with Crippen LogP contribution in [0.3, 0.4) is 0 Å². The van der Waals surface area contributed by atoms with Gasteiger partial charge in [0.25, 0.3) is 5.91 Å². The molecule has 3 fully saturated rings. The first-order chi connectivity index (χ1) is 11.2. The van der Waals surface area contributed by atoms with Crippen molar-refractivity contribution < 1.29 is 9.21 Å². The fourth-order valence-electron chi connectivity index (χ4n) is 3.78. The van der Waals surface area contributed by atoms with E-state index in [4.69, 9.17) is 4.42 Å². The molecule has 2 aromatic rings. The van der Waals surface area contributed by atoms with Gasteiger partial charge in [0.15, 0.2) is 0 Å². The van der Waals surface area contributed by atoms with Crippen LogP contribution in [0.2, 0.25) is 0 Å². The predicted molar refractivity (Wildman–Crippen MR) is 89.2 cm³/mol. The molecule has 0 spiro atoms. The lowest BCUT2D eigenvalue weighted by molar-refractivity contribution is 0.0620. The van der Waals surface area contributed by atoms with E-state index < -0.39 is 0 Å². The maximum absolute atomic E-state index is 12.6. The van der Waals surface area contributed by atoms with Crippen LogP contribution in [0.5, 0.6) is 0 Å². The first-order valence-electron chi connectivity index (χ1n) is 8.22. The molecule has 3 aliphatic rings. The molecule has 0 radical (unpaired) electrons. The first-order valence-corrected chi connectivity index (χ1v) is 8.22. The Labute approximate surface area is 135 Å². The molecule has 118 valence electrons. The second-order valence-electron chi connectivity index (χ2n) is 6.45. The number of furan rings is 1. The summed E-state index contributed by atoms with van der Waals surface area (Å²) in [6, 6.07) is 5.87. The van der Waals surface area contributed by atoms with Crippen LogP contribution in [0.15, 0.2) is 28.9 Å². The summed E-state index contributed by atoms with van der Waals surface area (Å²) in [5.41, 5.74) is 2.23. The van der Waals surface area contributed by atoms with E-state index in [1.54, 1.807) is 13.2 Å². The molecule has 1 atom stereocenters. The Morgan fingerprint density at radius 2 is 2.17 bits per heavy atom. The maximum atomic E-state index is 12.6. The van der Waals surface area contributed by atoms with Crippen LogP contribution >= 0.6 is 0 Å². The van der Waals surface area contributed by atoms with Crippen molar-refractivity contribution in [2.24, 2.45) is 5.92 Å². The highest BCUT2D eigenvalue weighted by molar-refractivity contribution is 5.98. The Balaban J connectivity index is 1.54. The quantitative estimate of drug-likeness (QED) is 0.868. The smallest absolute Gasteiger partial charge is 0.251 e. The topological polar surface area (TPSA) is 45.5 Å². The monoisotopic (exact) mass is 308 g/mol. The van der Waals surface area contributed by atoms with E-state index >= 15 is 0 Å². The summed E-state index contributed by atoms with van der Waals surface area (Å²) in [6.45, 7) is 5.14. The average molecular weight is 308 g/mol. The minimum Gasteiger partial charge on any atom is -0.463 e. The molecule has 3 saturated heterocycles. The average Bonchev–Trinajstić information content (AvgIpc) is 2.99. The summed E-state index contributed by atoms with van der Waals surface area (Å²) >= 11 is 0. The van der Waals surface area contributed by atoms with Gasteiger partial charge in [0.2, 0.25) is 0 Å². The number of piperidine rings is 3. The highest BCUT2D eigenvalue weighted by Crippen LogP contribution is 2.28. The SMILES string of the molecule is CC#Cc1coc2cc(C(=O)N[C@H]3CN4CCC3CC4)ccc12. The first kappa shape index (κ1) is 14.3. The number of rotatable bonds is 2. The fourth-order valence-corrected chi connectivity index (χ4v) is 3.78. The molecule has 1 aromatic heterocycles. The van der Waals surface area contributed by atoms with E-state index in [1.165, 1.54) is 25.9 Å². The molecule has 2 bridgehead atoms. The van der Waals surface area contributed by atoms with E-state index in [1.807, 2.05) is 18.2 Å². The standard InChI is InChI=1S/C19H20N2O2/c1-2-3-15-12-23-18-10-14(4-5-16(15)18)19(22)20-17-11-21-8-6-13(17)7-9-21/h4-5,10,12-13,17H,6-9,11H2,1H3,(H,20,22)/t17-/m0/s1. The summed E-state index contributed by atoms with van der Waals surface area (Å²) in [6.07, 6.45) is 4.04. The largest absolute Gasteiger partial charge is 0.463 e. The van der Waals surface area contributed by atoms with Crippen LogP contribution in [0.1, 0.15) is 35.7 Å². The van der Waals surface area contributed by atoms with Gasteiger partial charge in [0, 0.05) is 23.5 Å². The van der Waals surface area contributed by atoms with Crippen LogP contribution < -0.4 is 5.32 Å². The molecule has 3 aliphatic heterocycles. The lowest BCUT2D eigenvalue weighted by Crippen LogP contribution is -2.57. The highest BCUT2D eigenvalue weighted by atomic mass is 16.3. The van der Waals surface area contributed by atoms with Gasteiger partial charge in [0.05, 0.1) is 5.56 Å². The van der Waals surface area contributed by atoms with Gasteiger partial charge < -0.3 is 14.6 Å². The van der Waals surface area contributed by atoms with Gasteiger partial charge in [-0.2, -0.15) is 0 Å². The minimum absolute atomic E-state index is 0.00910. The van der Waals surface area contributed by atoms with Crippen LogP contribution in [0, 0.1) is 17.8 Å². The Morgan fingerprint density at radius 1 is 1.35 bits per heavy atom. The Hall–Kier alpha value is -2.25. The molecule has 1 N–H and O–H groups in total. The molecule has 5 rings (SSSR count). The molecule has 1 amide bonds. The minimum atomic E-state index is -0.00910. The fraction of sp³-hybridized carbons (Fsp3) is 0.421. The number of carbonyl (C=O) groups excluding carboxylic acids is 1. The predicted octanol–water partition coefficient (Wildman–Crippen LogP) is 2.63. The summed E-state index contributed by atoms with van der Waals surface area (Å²) in [5, 5.41) is 4.17. The summed E-state index contributed by atoms with van der Waals surface area (Å²) < 4.78 is 5.54. The normalized spacial score (nSPS) is 25.9. The number of nitrogens with one attached hydrogen (secondary N) is 1. The number of fused-ring (bicyclic) bond motifs is 4. The molecule has 0 aliphatic carbocycles. The number of hydrogen-bond donors (Lipinski definition) is 1. The van der Waals surface area contributed by atoms with Gasteiger partial charge in [-0.25, -0.2) is 0 Å². The molecule has 0 unspecified atom stereocenters. The van der Waals surface area contributed by atoms with Crippen LogP contribution in [0.25, 0.3) is 11.0 Å². The summed E-state index contributed by atoms with van der Waals surface area (Å²) in [7, 11) is 0. The number of carbonyl (C=O) groups is 1. The van der Waals surface area contributed by atoms with Crippen LogP contribution in [-0.2, 0) is 0 Å². The van der Waals surface area contributed by atoms with Crippen molar-refractivity contribution in [2.75, 3.05) is 19.6 Å². The van der Waals surface area contributed by atoms with Gasteiger partial charge in [0.1, 0.15) is 11.8 Å². The lowest BCUT2D eigenvalue weighted by atomic mass is 9.84. The highest BCUT2D eigenvalue weighted by Gasteiger charge is 2.34. The van der Waals surface area contributed by atoms with Crippen molar-refractivity contribution in [2.45, 2.75) is 25.8 Å². The number of nitrogens with zero attached hydrogens (tertiary/aromatic N) is 1. The van der Waals surface area contributed by atoms with Crippen molar-refractivity contribution >= 4 is 16.9 Å². The third kappa shape index (κ3) is 2.62. The zero-order chi connectivity index (χ0) is 15.8. The van der Waals surface area contributed by atoms with Gasteiger partial charge in [-0.3, -0.25) is 4.79 Å². The van der Waals surface area contributed by atoms with E-state index in [0.29, 0.717) is 17.1 Å². The van der Waals surface area contributed by atoms with Crippen molar-refractivity contribution in [1.29, 1.82) is 0 Å². The zero-order valence-electron chi connectivity index (χ0n) is 13.3. The number of hydrogen-bond acceptors (Lipinski definition) is 3. The van der Waals surface area contributed by atoms with Gasteiger partial charge in [-0.05, 0) is 57.0 Å². The Morgan fingerprint density at radius 3 is 2.87 bits per heavy atom. The molecule has 4 heteroatoms. The third-order valence-corrected chi connectivity index (χ3v) is 5.07.